The molecule has 0 bridgehead atoms. The minimum absolute atomic E-state index is 0.0640. The van der Waals surface area contributed by atoms with E-state index >= 15 is 0 Å². The Morgan fingerprint density at radius 2 is 1.96 bits per heavy atom. The molecule has 2 aliphatic rings. The lowest BCUT2D eigenvalue weighted by Crippen LogP contribution is -2.47. The minimum atomic E-state index is -0.0640. The minimum Gasteiger partial charge on any atom is -0.506 e. The second kappa shape index (κ2) is 7.60. The summed E-state index contributed by atoms with van der Waals surface area (Å²) >= 11 is 0. The molecule has 1 saturated carbocycles. The van der Waals surface area contributed by atoms with Gasteiger partial charge in [-0.05, 0) is 25.7 Å². The van der Waals surface area contributed by atoms with E-state index in [9.17, 15) is 10.2 Å². The van der Waals surface area contributed by atoms with Crippen LogP contribution in [-0.2, 0) is 6.61 Å². The van der Waals surface area contributed by atoms with Crippen LogP contribution in [0.25, 0.3) is 0 Å². The van der Waals surface area contributed by atoms with Gasteiger partial charge in [0.1, 0.15) is 5.75 Å². The molecule has 1 aromatic heterocycles. The average molecular weight is 319 g/mol. The molecule has 2 heterocycles. The Bertz CT molecular complexity index is 505. The normalized spacial score (nSPS) is 22.2. The number of hydrogen-bond donors (Lipinski definition) is 3. The van der Waals surface area contributed by atoms with Crippen LogP contribution in [0.15, 0.2) is 6.20 Å². The third kappa shape index (κ3) is 3.52. The highest BCUT2D eigenvalue weighted by Gasteiger charge is 2.34. The van der Waals surface area contributed by atoms with Crippen molar-refractivity contribution in [2.45, 2.75) is 51.7 Å². The smallest absolute Gasteiger partial charge is 0.141 e. The number of rotatable bonds is 4. The maximum atomic E-state index is 10.7. The van der Waals surface area contributed by atoms with Gasteiger partial charge >= 0.3 is 0 Å². The molecule has 23 heavy (non-hydrogen) atoms. The molecule has 0 radical (unpaired) electrons. The van der Waals surface area contributed by atoms with Gasteiger partial charge < -0.3 is 15.5 Å². The van der Waals surface area contributed by atoms with Crippen molar-refractivity contribution >= 4 is 0 Å². The molecule has 1 aliphatic carbocycles. The van der Waals surface area contributed by atoms with Crippen molar-refractivity contribution in [2.24, 2.45) is 5.92 Å². The van der Waals surface area contributed by atoms with E-state index in [1.165, 1.54) is 32.1 Å². The zero-order valence-electron chi connectivity index (χ0n) is 14.1. The molecule has 0 unspecified atom stereocenters. The first-order chi connectivity index (χ1) is 11.2. The van der Waals surface area contributed by atoms with Gasteiger partial charge in [0, 0.05) is 49.5 Å². The average Bonchev–Trinajstić information content (AvgIpc) is 2.61. The zero-order valence-corrected chi connectivity index (χ0v) is 14.1. The van der Waals surface area contributed by atoms with Crippen LogP contribution < -0.4 is 5.32 Å². The number of aliphatic hydroxyl groups excluding tert-OH is 1. The van der Waals surface area contributed by atoms with Gasteiger partial charge in [-0.2, -0.15) is 0 Å². The predicted molar refractivity (Wildman–Crippen MR) is 90.3 cm³/mol. The third-order valence-electron chi connectivity index (χ3n) is 5.47. The van der Waals surface area contributed by atoms with Crippen molar-refractivity contribution in [3.8, 4) is 5.75 Å². The molecule has 128 valence electrons. The monoisotopic (exact) mass is 319 g/mol. The van der Waals surface area contributed by atoms with Crippen molar-refractivity contribution in [2.75, 3.05) is 26.2 Å². The summed E-state index contributed by atoms with van der Waals surface area (Å²) < 4.78 is 0. The van der Waals surface area contributed by atoms with Crippen LogP contribution in [0.3, 0.4) is 0 Å². The number of pyridine rings is 1. The van der Waals surface area contributed by atoms with Crippen molar-refractivity contribution in [3.05, 3.63) is 23.0 Å². The van der Waals surface area contributed by atoms with Crippen molar-refractivity contribution in [3.63, 3.8) is 0 Å². The van der Waals surface area contributed by atoms with Gasteiger partial charge in [-0.15, -0.1) is 0 Å². The third-order valence-corrected chi connectivity index (χ3v) is 5.47. The van der Waals surface area contributed by atoms with E-state index in [0.29, 0.717) is 11.6 Å². The molecule has 3 rings (SSSR count). The summed E-state index contributed by atoms with van der Waals surface area (Å²) in [6.45, 7) is 5.74. The first-order valence-electron chi connectivity index (χ1n) is 8.95. The largest absolute Gasteiger partial charge is 0.506 e. The summed E-state index contributed by atoms with van der Waals surface area (Å²) in [6, 6.07) is 0.196. The fraction of sp³-hybridized carbons (Fsp3) is 0.722. The van der Waals surface area contributed by atoms with E-state index in [2.05, 4.69) is 15.2 Å². The molecule has 3 N–H and O–H groups in total. The molecule has 5 nitrogen and oxygen atoms in total. The summed E-state index contributed by atoms with van der Waals surface area (Å²) in [5.41, 5.74) is 2.36. The molecule has 1 saturated heterocycles. The van der Waals surface area contributed by atoms with Crippen LogP contribution in [-0.4, -0.2) is 46.3 Å². The highest BCUT2D eigenvalue weighted by Crippen LogP contribution is 2.43. The second-order valence-corrected chi connectivity index (χ2v) is 6.92. The maximum absolute atomic E-state index is 10.7. The van der Waals surface area contributed by atoms with E-state index in [4.69, 9.17) is 0 Å². The summed E-state index contributed by atoms with van der Waals surface area (Å²) in [5, 5.41) is 23.9. The lowest BCUT2D eigenvalue weighted by molar-refractivity contribution is 0.0991. The van der Waals surface area contributed by atoms with Crippen molar-refractivity contribution < 1.29 is 10.2 Å². The van der Waals surface area contributed by atoms with Gasteiger partial charge in [-0.25, -0.2) is 0 Å². The Morgan fingerprint density at radius 1 is 1.26 bits per heavy atom. The van der Waals surface area contributed by atoms with Crippen LogP contribution in [0.1, 0.15) is 55.0 Å². The van der Waals surface area contributed by atoms with Crippen molar-refractivity contribution in [1.82, 2.24) is 15.2 Å². The number of aliphatic hydroxyl groups is 1. The lowest BCUT2D eigenvalue weighted by atomic mass is 9.78. The molecular formula is C18H29N3O2. The van der Waals surface area contributed by atoms with E-state index in [1.807, 2.05) is 6.92 Å². The Hall–Kier alpha value is -1.17. The topological polar surface area (TPSA) is 68.6 Å². The highest BCUT2D eigenvalue weighted by molar-refractivity contribution is 5.43. The summed E-state index contributed by atoms with van der Waals surface area (Å²) in [5.74, 6) is 0.838. The summed E-state index contributed by atoms with van der Waals surface area (Å²) in [6.07, 6.45) is 8.01. The molecule has 1 atom stereocenters. The number of nitrogens with one attached hydrogen (secondary N) is 1. The molecule has 0 aromatic carbocycles. The van der Waals surface area contributed by atoms with Crippen molar-refractivity contribution in [1.29, 1.82) is 0 Å². The Kier molecular flexibility index (Phi) is 5.51. The van der Waals surface area contributed by atoms with Gasteiger partial charge in [0.2, 0.25) is 0 Å². The van der Waals surface area contributed by atoms with E-state index in [-0.39, 0.29) is 18.4 Å². The maximum Gasteiger partial charge on any atom is 0.141 e. The fourth-order valence-corrected chi connectivity index (χ4v) is 4.24. The molecule has 1 aromatic rings. The zero-order chi connectivity index (χ0) is 16.2. The van der Waals surface area contributed by atoms with Crippen LogP contribution in [0.4, 0.5) is 0 Å². The molecule has 1 aliphatic heterocycles. The number of nitrogens with zero attached hydrogens (tertiary/aromatic N) is 2. The van der Waals surface area contributed by atoms with Gasteiger partial charge in [-0.3, -0.25) is 9.88 Å². The number of hydrogen-bond acceptors (Lipinski definition) is 5. The molecule has 5 heteroatoms. The first kappa shape index (κ1) is 16.7. The Balaban J connectivity index is 2.01. The molecular weight excluding hydrogens is 290 g/mol. The predicted octanol–water partition coefficient (Wildman–Crippen LogP) is 2.11. The number of aromatic hydroxyl groups is 1. The Morgan fingerprint density at radius 3 is 2.61 bits per heavy atom. The quantitative estimate of drug-likeness (QED) is 0.793. The summed E-state index contributed by atoms with van der Waals surface area (Å²) in [7, 11) is 0. The SMILES string of the molecule is Cc1ncc(CO)c([C@@H](C2CCCCC2)N2CCNCC2)c1O. The Labute approximate surface area is 138 Å². The second-order valence-electron chi connectivity index (χ2n) is 6.92. The molecule has 0 spiro atoms. The fourth-order valence-electron chi connectivity index (χ4n) is 4.24. The van der Waals surface area contributed by atoms with Gasteiger partial charge in [0.15, 0.2) is 0 Å². The van der Waals surface area contributed by atoms with Crippen LogP contribution in [0, 0.1) is 12.8 Å². The van der Waals surface area contributed by atoms with Crippen LogP contribution in [0.5, 0.6) is 5.75 Å². The van der Waals surface area contributed by atoms with E-state index in [0.717, 1.165) is 37.3 Å². The molecule has 0 amide bonds. The highest BCUT2D eigenvalue weighted by atomic mass is 16.3. The van der Waals surface area contributed by atoms with Gasteiger partial charge in [0.25, 0.3) is 0 Å². The number of aromatic nitrogens is 1. The van der Waals surface area contributed by atoms with Gasteiger partial charge in [0.05, 0.1) is 12.3 Å². The first-order valence-corrected chi connectivity index (χ1v) is 8.95. The standard InChI is InChI=1S/C18H29N3O2/c1-13-18(23)16(15(12-22)11-20-13)17(14-5-3-2-4-6-14)21-9-7-19-8-10-21/h11,14,17,19,22-23H,2-10,12H2,1H3/t17-/m1/s1. The lowest BCUT2D eigenvalue weighted by Gasteiger charge is -2.42. The number of aryl methyl sites for hydroxylation is 1. The number of piperazine rings is 1. The molecule has 2 fully saturated rings. The van der Waals surface area contributed by atoms with Crippen LogP contribution >= 0.6 is 0 Å². The van der Waals surface area contributed by atoms with E-state index in [1.54, 1.807) is 6.20 Å². The van der Waals surface area contributed by atoms with Crippen LogP contribution in [0.2, 0.25) is 0 Å². The van der Waals surface area contributed by atoms with E-state index < -0.39 is 0 Å². The van der Waals surface area contributed by atoms with Gasteiger partial charge in [-0.1, -0.05) is 19.3 Å². The summed E-state index contributed by atoms with van der Waals surface area (Å²) in [4.78, 5) is 6.74.